The van der Waals surface area contributed by atoms with E-state index < -0.39 is 0 Å². The standard InChI is InChI=1S/C17H25N3O2S/c1-10(2)17-19-12(4)15(23-17)16(21)18-9-13(20(5)6)14-8-7-11(3)22-14/h7-8,10,13H,9H2,1-6H3,(H,18,21)/t13-/m0/s1. The molecule has 0 unspecified atom stereocenters. The van der Waals surface area contributed by atoms with E-state index in [0.29, 0.717) is 17.3 Å². The maximum Gasteiger partial charge on any atom is 0.263 e. The summed E-state index contributed by atoms with van der Waals surface area (Å²) in [6.07, 6.45) is 0. The van der Waals surface area contributed by atoms with Crippen molar-refractivity contribution in [3.8, 4) is 0 Å². The van der Waals surface area contributed by atoms with Gasteiger partial charge >= 0.3 is 0 Å². The third-order valence-electron chi connectivity index (χ3n) is 3.68. The molecule has 2 rings (SSSR count). The topological polar surface area (TPSA) is 58.4 Å². The molecule has 2 aromatic rings. The Labute approximate surface area is 141 Å². The van der Waals surface area contributed by atoms with Crippen LogP contribution in [0.5, 0.6) is 0 Å². The molecule has 2 heterocycles. The largest absolute Gasteiger partial charge is 0.465 e. The normalized spacial score (nSPS) is 12.9. The van der Waals surface area contributed by atoms with Gasteiger partial charge in [-0.25, -0.2) is 4.98 Å². The lowest BCUT2D eigenvalue weighted by molar-refractivity contribution is 0.0942. The van der Waals surface area contributed by atoms with Crippen molar-refractivity contribution < 1.29 is 9.21 Å². The molecule has 0 saturated carbocycles. The number of aromatic nitrogens is 1. The number of aryl methyl sites for hydroxylation is 2. The lowest BCUT2D eigenvalue weighted by Gasteiger charge is -2.22. The SMILES string of the molecule is Cc1ccc([C@H](CNC(=O)c2sc(C(C)C)nc2C)N(C)C)o1. The number of carbonyl (C=O) groups is 1. The summed E-state index contributed by atoms with van der Waals surface area (Å²) in [6, 6.07) is 3.90. The molecule has 0 fully saturated rings. The van der Waals surface area contributed by atoms with Crippen molar-refractivity contribution >= 4 is 17.2 Å². The summed E-state index contributed by atoms with van der Waals surface area (Å²) < 4.78 is 5.70. The molecule has 1 amide bonds. The summed E-state index contributed by atoms with van der Waals surface area (Å²) in [5.74, 6) is 2.00. The Bertz CT molecular complexity index is 673. The van der Waals surface area contributed by atoms with Gasteiger partial charge in [-0.2, -0.15) is 0 Å². The highest BCUT2D eigenvalue weighted by molar-refractivity contribution is 7.13. The fraction of sp³-hybridized carbons (Fsp3) is 0.529. The molecular formula is C17H25N3O2S. The summed E-state index contributed by atoms with van der Waals surface area (Å²) in [6.45, 7) is 8.47. The lowest BCUT2D eigenvalue weighted by atomic mass is 10.2. The van der Waals surface area contributed by atoms with E-state index in [1.165, 1.54) is 11.3 Å². The third-order valence-corrected chi connectivity index (χ3v) is 5.14. The van der Waals surface area contributed by atoms with Crippen molar-refractivity contribution in [2.24, 2.45) is 0 Å². The van der Waals surface area contributed by atoms with Crippen LogP contribution in [0.4, 0.5) is 0 Å². The first-order valence-electron chi connectivity index (χ1n) is 7.77. The average molecular weight is 335 g/mol. The zero-order valence-corrected chi connectivity index (χ0v) is 15.5. The number of hydrogen-bond donors (Lipinski definition) is 1. The van der Waals surface area contributed by atoms with Gasteiger partial charge in [0.05, 0.1) is 16.7 Å². The van der Waals surface area contributed by atoms with Gasteiger partial charge in [0.15, 0.2) is 0 Å². The minimum absolute atomic E-state index is 0.00504. The lowest BCUT2D eigenvalue weighted by Crippen LogP contribution is -2.34. The van der Waals surface area contributed by atoms with Gasteiger partial charge in [0.2, 0.25) is 0 Å². The number of hydrogen-bond acceptors (Lipinski definition) is 5. The molecule has 0 aliphatic heterocycles. The van der Waals surface area contributed by atoms with Crippen LogP contribution in [-0.2, 0) is 0 Å². The second-order valence-electron chi connectivity index (χ2n) is 6.26. The molecule has 0 radical (unpaired) electrons. The Morgan fingerprint density at radius 3 is 2.52 bits per heavy atom. The van der Waals surface area contributed by atoms with Crippen LogP contribution in [0.3, 0.4) is 0 Å². The van der Waals surface area contributed by atoms with Gasteiger partial charge in [0, 0.05) is 12.5 Å². The van der Waals surface area contributed by atoms with Crippen molar-refractivity contribution in [3.63, 3.8) is 0 Å². The summed E-state index contributed by atoms with van der Waals surface area (Å²) in [4.78, 5) is 19.7. The molecule has 0 aromatic carbocycles. The van der Waals surface area contributed by atoms with Gasteiger partial charge in [-0.05, 0) is 40.1 Å². The number of rotatable bonds is 6. The van der Waals surface area contributed by atoms with Gasteiger partial charge in [0.1, 0.15) is 16.4 Å². The van der Waals surface area contributed by atoms with Crippen molar-refractivity contribution in [2.75, 3.05) is 20.6 Å². The number of nitrogens with zero attached hydrogens (tertiary/aromatic N) is 2. The van der Waals surface area contributed by atoms with Crippen LogP contribution in [0.15, 0.2) is 16.5 Å². The Morgan fingerprint density at radius 2 is 2.04 bits per heavy atom. The first-order chi connectivity index (χ1) is 10.8. The van der Waals surface area contributed by atoms with E-state index in [1.807, 2.05) is 45.0 Å². The molecule has 1 atom stereocenters. The molecule has 0 aliphatic carbocycles. The Morgan fingerprint density at radius 1 is 1.35 bits per heavy atom. The zero-order valence-electron chi connectivity index (χ0n) is 14.6. The monoisotopic (exact) mass is 335 g/mol. The van der Waals surface area contributed by atoms with Crippen LogP contribution in [0.1, 0.15) is 57.7 Å². The summed E-state index contributed by atoms with van der Waals surface area (Å²) >= 11 is 1.48. The van der Waals surface area contributed by atoms with Gasteiger partial charge < -0.3 is 9.73 Å². The number of furan rings is 1. The first kappa shape index (κ1) is 17.7. The van der Waals surface area contributed by atoms with Crippen molar-refractivity contribution in [1.82, 2.24) is 15.2 Å². The molecule has 5 nitrogen and oxygen atoms in total. The molecule has 0 saturated heterocycles. The van der Waals surface area contributed by atoms with E-state index in [9.17, 15) is 4.79 Å². The van der Waals surface area contributed by atoms with Crippen LogP contribution < -0.4 is 5.32 Å². The van der Waals surface area contributed by atoms with Gasteiger partial charge in [-0.15, -0.1) is 11.3 Å². The minimum atomic E-state index is -0.0676. The second-order valence-corrected chi connectivity index (χ2v) is 7.29. The van der Waals surface area contributed by atoms with Gasteiger partial charge in [-0.3, -0.25) is 9.69 Å². The van der Waals surface area contributed by atoms with E-state index >= 15 is 0 Å². The second kappa shape index (κ2) is 7.27. The van der Waals surface area contributed by atoms with E-state index in [4.69, 9.17) is 4.42 Å². The highest BCUT2D eigenvalue weighted by Crippen LogP contribution is 2.25. The summed E-state index contributed by atoms with van der Waals surface area (Å²) in [7, 11) is 3.95. The number of likely N-dealkylation sites (N-methyl/N-ethyl adjacent to an activating group) is 1. The van der Waals surface area contributed by atoms with Crippen molar-refractivity contribution in [2.45, 2.75) is 39.7 Å². The minimum Gasteiger partial charge on any atom is -0.465 e. The van der Waals surface area contributed by atoms with E-state index in [0.717, 1.165) is 22.2 Å². The summed E-state index contributed by atoms with van der Waals surface area (Å²) in [5, 5.41) is 4.01. The predicted molar refractivity (Wildman–Crippen MR) is 93.1 cm³/mol. The maximum absolute atomic E-state index is 12.5. The number of nitrogens with one attached hydrogen (secondary N) is 1. The first-order valence-corrected chi connectivity index (χ1v) is 8.59. The molecule has 1 N–H and O–H groups in total. The highest BCUT2D eigenvalue weighted by atomic mass is 32.1. The molecular weight excluding hydrogens is 310 g/mol. The quantitative estimate of drug-likeness (QED) is 0.877. The number of carbonyl (C=O) groups excluding carboxylic acids is 1. The third kappa shape index (κ3) is 4.20. The average Bonchev–Trinajstić information content (AvgIpc) is 3.05. The molecule has 23 heavy (non-hydrogen) atoms. The molecule has 0 aliphatic rings. The van der Waals surface area contributed by atoms with Crippen LogP contribution >= 0.6 is 11.3 Å². The predicted octanol–water partition coefficient (Wildman–Crippen LogP) is 3.51. The van der Waals surface area contributed by atoms with E-state index in [1.54, 1.807) is 0 Å². The molecule has 0 bridgehead atoms. The van der Waals surface area contributed by atoms with Gasteiger partial charge in [-0.1, -0.05) is 13.8 Å². The van der Waals surface area contributed by atoms with Crippen molar-refractivity contribution in [3.05, 3.63) is 39.2 Å². The molecule has 2 aromatic heterocycles. The fourth-order valence-electron chi connectivity index (χ4n) is 2.31. The van der Waals surface area contributed by atoms with Crippen LogP contribution in [0, 0.1) is 13.8 Å². The van der Waals surface area contributed by atoms with E-state index in [2.05, 4.69) is 24.1 Å². The molecule has 126 valence electrons. The van der Waals surface area contributed by atoms with Crippen LogP contribution in [0.25, 0.3) is 0 Å². The Kier molecular flexibility index (Phi) is 5.59. The van der Waals surface area contributed by atoms with E-state index in [-0.39, 0.29) is 11.9 Å². The molecule has 6 heteroatoms. The van der Waals surface area contributed by atoms with Crippen LogP contribution in [-0.4, -0.2) is 36.4 Å². The van der Waals surface area contributed by atoms with Crippen molar-refractivity contribution in [1.29, 1.82) is 0 Å². The number of thiazole rings is 1. The smallest absolute Gasteiger partial charge is 0.263 e. The van der Waals surface area contributed by atoms with Crippen LogP contribution in [0.2, 0.25) is 0 Å². The fourth-order valence-corrected chi connectivity index (χ4v) is 3.30. The maximum atomic E-state index is 12.5. The van der Waals surface area contributed by atoms with Gasteiger partial charge in [0.25, 0.3) is 5.91 Å². The molecule has 0 spiro atoms. The Balaban J connectivity index is 2.07. The highest BCUT2D eigenvalue weighted by Gasteiger charge is 2.21. The Hall–Kier alpha value is -1.66. The summed E-state index contributed by atoms with van der Waals surface area (Å²) in [5.41, 5.74) is 0.798. The zero-order chi connectivity index (χ0) is 17.1. The number of amides is 1.